The highest BCUT2D eigenvalue weighted by molar-refractivity contribution is 5.92. The lowest BCUT2D eigenvalue weighted by Crippen LogP contribution is -2.33. The minimum absolute atomic E-state index is 0.479. The lowest BCUT2D eigenvalue weighted by Gasteiger charge is -2.24. The number of nitrogens with zero attached hydrogens (tertiary/aromatic N) is 6. The molecule has 6 heteroatoms. The van der Waals surface area contributed by atoms with E-state index in [9.17, 15) is 0 Å². The molecule has 1 aromatic rings. The third-order valence-corrected chi connectivity index (χ3v) is 3.47. The third-order valence-electron chi connectivity index (χ3n) is 3.47. The van der Waals surface area contributed by atoms with Crippen molar-refractivity contribution in [1.82, 2.24) is 4.90 Å². The Balaban J connectivity index is 2.12. The van der Waals surface area contributed by atoms with E-state index in [1.807, 2.05) is 33.0 Å². The van der Waals surface area contributed by atoms with Crippen LogP contribution in [-0.4, -0.2) is 43.0 Å². The number of hydrogen-bond donors (Lipinski definition) is 0. The molecule has 0 N–H and O–H groups in total. The second kappa shape index (κ2) is 6.68. The molecule has 0 atom stereocenters. The standard InChI is InChI=1S/C16H24N6/c1-6-22(7-2)14-10-8-13(9-11-14)19-20-15-18-16(3,4)17-12-21(15)5/h8-12H,6-7H2,1-5H3/b20-19+. The fraction of sp³-hybridized carbons (Fsp3) is 0.500. The van der Waals surface area contributed by atoms with Crippen LogP contribution in [0.25, 0.3) is 0 Å². The molecular formula is C16H24N6. The van der Waals surface area contributed by atoms with Gasteiger partial charge >= 0.3 is 0 Å². The summed E-state index contributed by atoms with van der Waals surface area (Å²) in [5, 5.41) is 8.51. The highest BCUT2D eigenvalue weighted by Gasteiger charge is 2.21. The van der Waals surface area contributed by atoms with Gasteiger partial charge in [0.15, 0.2) is 0 Å². The van der Waals surface area contributed by atoms with Crippen molar-refractivity contribution in [2.75, 3.05) is 25.0 Å². The molecule has 0 unspecified atom stereocenters. The van der Waals surface area contributed by atoms with Crippen LogP contribution in [-0.2, 0) is 0 Å². The minimum atomic E-state index is -0.479. The van der Waals surface area contributed by atoms with Gasteiger partial charge in [-0.2, -0.15) is 0 Å². The summed E-state index contributed by atoms with van der Waals surface area (Å²) in [6.45, 7) is 10.2. The summed E-state index contributed by atoms with van der Waals surface area (Å²) >= 11 is 0. The van der Waals surface area contributed by atoms with Crippen LogP contribution < -0.4 is 4.90 Å². The van der Waals surface area contributed by atoms with Crippen LogP contribution in [0.1, 0.15) is 27.7 Å². The summed E-state index contributed by atoms with van der Waals surface area (Å²) in [4.78, 5) is 12.8. The molecule has 118 valence electrons. The number of hydrogen-bond acceptors (Lipinski definition) is 6. The summed E-state index contributed by atoms with van der Waals surface area (Å²) in [6.07, 6.45) is 1.73. The average molecular weight is 300 g/mol. The van der Waals surface area contributed by atoms with Crippen molar-refractivity contribution in [3.05, 3.63) is 24.3 Å². The molecule has 0 aliphatic carbocycles. The second-order valence-electron chi connectivity index (χ2n) is 5.65. The summed E-state index contributed by atoms with van der Waals surface area (Å²) in [6, 6.07) is 8.08. The van der Waals surface area contributed by atoms with Crippen LogP contribution >= 0.6 is 0 Å². The first-order chi connectivity index (χ1) is 10.4. The number of azo groups is 1. The average Bonchev–Trinajstić information content (AvgIpc) is 2.51. The van der Waals surface area contributed by atoms with Crippen LogP contribution in [0.3, 0.4) is 0 Å². The van der Waals surface area contributed by atoms with Crippen molar-refractivity contribution in [3.63, 3.8) is 0 Å². The molecule has 1 aliphatic rings. The van der Waals surface area contributed by atoms with Gasteiger partial charge in [0.2, 0.25) is 5.96 Å². The normalized spacial score (nSPS) is 17.0. The number of benzene rings is 1. The van der Waals surface area contributed by atoms with Gasteiger partial charge in [-0.3, -0.25) is 0 Å². The molecule has 0 aromatic heterocycles. The van der Waals surface area contributed by atoms with E-state index in [4.69, 9.17) is 0 Å². The van der Waals surface area contributed by atoms with Crippen molar-refractivity contribution >= 4 is 23.7 Å². The van der Waals surface area contributed by atoms with Crippen LogP contribution in [0.15, 0.2) is 44.5 Å². The molecule has 0 saturated heterocycles. The fourth-order valence-electron chi connectivity index (χ4n) is 2.15. The maximum absolute atomic E-state index is 4.46. The molecule has 1 heterocycles. The van der Waals surface area contributed by atoms with Crippen molar-refractivity contribution in [3.8, 4) is 0 Å². The first kappa shape index (κ1) is 16.1. The van der Waals surface area contributed by atoms with Crippen molar-refractivity contribution in [2.45, 2.75) is 33.4 Å². The van der Waals surface area contributed by atoms with E-state index in [2.05, 4.69) is 51.1 Å². The van der Waals surface area contributed by atoms with Gasteiger partial charge in [-0.15, -0.1) is 10.2 Å². The predicted octanol–water partition coefficient (Wildman–Crippen LogP) is 3.68. The smallest absolute Gasteiger partial charge is 0.248 e. The fourth-order valence-corrected chi connectivity index (χ4v) is 2.15. The van der Waals surface area contributed by atoms with Crippen molar-refractivity contribution in [2.24, 2.45) is 20.2 Å². The van der Waals surface area contributed by atoms with Crippen LogP contribution in [0.5, 0.6) is 0 Å². The Morgan fingerprint density at radius 1 is 1.09 bits per heavy atom. The second-order valence-corrected chi connectivity index (χ2v) is 5.65. The first-order valence-electron chi connectivity index (χ1n) is 7.60. The maximum Gasteiger partial charge on any atom is 0.248 e. The Morgan fingerprint density at radius 3 is 2.32 bits per heavy atom. The highest BCUT2D eigenvalue weighted by Crippen LogP contribution is 2.21. The molecule has 0 radical (unpaired) electrons. The molecule has 1 aromatic carbocycles. The number of guanidine groups is 1. The Labute approximate surface area is 132 Å². The zero-order valence-electron chi connectivity index (χ0n) is 14.0. The zero-order chi connectivity index (χ0) is 16.2. The van der Waals surface area contributed by atoms with Crippen LogP contribution in [0, 0.1) is 0 Å². The van der Waals surface area contributed by atoms with Crippen molar-refractivity contribution < 1.29 is 0 Å². The zero-order valence-corrected chi connectivity index (χ0v) is 14.0. The van der Waals surface area contributed by atoms with Gasteiger partial charge < -0.3 is 9.80 Å². The van der Waals surface area contributed by atoms with E-state index in [0.717, 1.165) is 18.8 Å². The lowest BCUT2D eigenvalue weighted by atomic mass is 10.2. The van der Waals surface area contributed by atoms with Crippen molar-refractivity contribution in [1.29, 1.82) is 0 Å². The molecule has 0 bridgehead atoms. The Hall–Kier alpha value is -2.24. The SMILES string of the molecule is CCN(CC)c1ccc(/N=N/C2=NC(C)(C)N=CN2C)cc1. The largest absolute Gasteiger partial charge is 0.372 e. The Kier molecular flexibility index (Phi) is 4.90. The topological polar surface area (TPSA) is 55.9 Å². The van der Waals surface area contributed by atoms with E-state index >= 15 is 0 Å². The molecule has 0 spiro atoms. The molecule has 0 fully saturated rings. The predicted molar refractivity (Wildman–Crippen MR) is 92.3 cm³/mol. The summed E-state index contributed by atoms with van der Waals surface area (Å²) in [7, 11) is 1.86. The monoisotopic (exact) mass is 300 g/mol. The van der Waals surface area contributed by atoms with Crippen LogP contribution in [0.2, 0.25) is 0 Å². The van der Waals surface area contributed by atoms with E-state index in [0.29, 0.717) is 5.96 Å². The van der Waals surface area contributed by atoms with Gasteiger partial charge in [0, 0.05) is 25.8 Å². The quantitative estimate of drug-likeness (QED) is 0.796. The van der Waals surface area contributed by atoms with Gasteiger partial charge in [0.05, 0.1) is 12.0 Å². The maximum atomic E-state index is 4.46. The molecular weight excluding hydrogens is 276 g/mol. The van der Waals surface area contributed by atoms with Crippen LogP contribution in [0.4, 0.5) is 11.4 Å². The lowest BCUT2D eigenvalue weighted by molar-refractivity contribution is 0.515. The molecule has 0 amide bonds. The Morgan fingerprint density at radius 2 is 1.73 bits per heavy atom. The van der Waals surface area contributed by atoms with Gasteiger partial charge in [0.25, 0.3) is 0 Å². The number of rotatable bonds is 4. The highest BCUT2D eigenvalue weighted by atomic mass is 15.4. The summed E-state index contributed by atoms with van der Waals surface area (Å²) in [5.41, 5.74) is 1.53. The first-order valence-corrected chi connectivity index (χ1v) is 7.60. The minimum Gasteiger partial charge on any atom is -0.372 e. The molecule has 1 aliphatic heterocycles. The summed E-state index contributed by atoms with van der Waals surface area (Å²) in [5.74, 6) is 0.563. The summed E-state index contributed by atoms with van der Waals surface area (Å²) < 4.78 is 0. The molecule has 2 rings (SSSR count). The number of anilines is 1. The molecule has 6 nitrogen and oxygen atoms in total. The van der Waals surface area contributed by atoms with E-state index in [1.165, 1.54) is 5.69 Å². The van der Waals surface area contributed by atoms with E-state index in [-0.39, 0.29) is 0 Å². The molecule has 22 heavy (non-hydrogen) atoms. The van der Waals surface area contributed by atoms with Gasteiger partial charge in [-0.1, -0.05) is 0 Å². The van der Waals surface area contributed by atoms with Gasteiger partial charge in [0.1, 0.15) is 5.66 Å². The molecule has 0 saturated carbocycles. The van der Waals surface area contributed by atoms with Gasteiger partial charge in [-0.05, 0) is 52.0 Å². The number of aliphatic imine (C=N–C) groups is 2. The third kappa shape index (κ3) is 3.90. The van der Waals surface area contributed by atoms with Gasteiger partial charge in [-0.25, -0.2) is 9.98 Å². The van der Waals surface area contributed by atoms with E-state index < -0.39 is 5.66 Å². The van der Waals surface area contributed by atoms with E-state index in [1.54, 1.807) is 11.2 Å². The Bertz CT molecular complexity index is 581.